The lowest BCUT2D eigenvalue weighted by molar-refractivity contribution is 0.387. The van der Waals surface area contributed by atoms with E-state index in [1.807, 2.05) is 0 Å². The van der Waals surface area contributed by atoms with E-state index in [1.165, 1.54) is 18.5 Å². The van der Waals surface area contributed by atoms with Crippen LogP contribution in [0.2, 0.25) is 0 Å². The summed E-state index contributed by atoms with van der Waals surface area (Å²) >= 11 is 3.13. The highest BCUT2D eigenvalue weighted by atomic mass is 79.9. The summed E-state index contributed by atoms with van der Waals surface area (Å²) in [5.41, 5.74) is 0. The molecule has 0 spiro atoms. The summed E-state index contributed by atoms with van der Waals surface area (Å²) < 4.78 is 18.7. The summed E-state index contributed by atoms with van der Waals surface area (Å²) in [5.74, 6) is 0.401. The van der Waals surface area contributed by atoms with Gasteiger partial charge in [0, 0.05) is 16.7 Å². The Morgan fingerprint density at radius 1 is 1.53 bits per heavy atom. The molecule has 4 nitrogen and oxygen atoms in total. The molecule has 78 valence electrons. The van der Waals surface area contributed by atoms with Gasteiger partial charge in [0.25, 0.3) is 0 Å². The largest absolute Gasteiger partial charge is 0.360 e. The summed E-state index contributed by atoms with van der Waals surface area (Å²) in [6.45, 7) is 0.353. The molecule has 2 rings (SSSR count). The monoisotopic (exact) mass is 271 g/mol. The maximum Gasteiger partial charge on any atom is 0.166 e. The Balaban J connectivity index is 2.05. The maximum atomic E-state index is 13.3. The van der Waals surface area contributed by atoms with E-state index < -0.39 is 5.82 Å². The fraction of sp³-hybridized carbons (Fsp3) is 0.111. The van der Waals surface area contributed by atoms with Gasteiger partial charge in [0.05, 0.1) is 12.7 Å². The van der Waals surface area contributed by atoms with E-state index in [1.54, 1.807) is 6.07 Å². The van der Waals surface area contributed by atoms with Crippen LogP contribution in [-0.4, -0.2) is 10.1 Å². The smallest absolute Gasteiger partial charge is 0.166 e. The molecule has 2 aromatic rings. The minimum atomic E-state index is -0.413. The van der Waals surface area contributed by atoms with Crippen LogP contribution in [0.5, 0.6) is 0 Å². The normalized spacial score (nSPS) is 10.3. The molecule has 0 saturated carbocycles. The molecule has 0 fully saturated rings. The van der Waals surface area contributed by atoms with Gasteiger partial charge in [0.1, 0.15) is 0 Å². The molecule has 2 aromatic heterocycles. The Morgan fingerprint density at radius 2 is 2.40 bits per heavy atom. The number of hydrogen-bond acceptors (Lipinski definition) is 4. The van der Waals surface area contributed by atoms with Gasteiger partial charge in [-0.15, -0.1) is 0 Å². The van der Waals surface area contributed by atoms with E-state index in [0.717, 1.165) is 0 Å². The SMILES string of the molecule is Fc1cc(Br)cnc1NCc1ccno1. The van der Waals surface area contributed by atoms with Crippen molar-refractivity contribution < 1.29 is 8.91 Å². The number of aromatic nitrogens is 2. The number of pyridine rings is 1. The van der Waals surface area contributed by atoms with Crippen molar-refractivity contribution in [2.24, 2.45) is 0 Å². The van der Waals surface area contributed by atoms with Gasteiger partial charge in [0.15, 0.2) is 17.4 Å². The molecule has 0 saturated heterocycles. The minimum Gasteiger partial charge on any atom is -0.360 e. The molecule has 0 aromatic carbocycles. The first-order chi connectivity index (χ1) is 7.25. The molecule has 0 aliphatic heterocycles. The highest BCUT2D eigenvalue weighted by Gasteiger charge is 2.04. The van der Waals surface area contributed by atoms with Crippen LogP contribution in [0, 0.1) is 5.82 Å². The van der Waals surface area contributed by atoms with Gasteiger partial charge in [0.2, 0.25) is 0 Å². The van der Waals surface area contributed by atoms with E-state index in [0.29, 0.717) is 16.8 Å². The predicted octanol–water partition coefficient (Wildman–Crippen LogP) is 2.58. The van der Waals surface area contributed by atoms with Crippen LogP contribution < -0.4 is 5.32 Å². The molecule has 0 radical (unpaired) electrons. The molecule has 1 N–H and O–H groups in total. The van der Waals surface area contributed by atoms with Crippen molar-refractivity contribution in [3.05, 3.63) is 40.6 Å². The summed E-state index contributed by atoms with van der Waals surface area (Å²) in [5, 5.41) is 6.34. The molecule has 0 unspecified atom stereocenters. The Kier molecular flexibility index (Phi) is 2.96. The molecule has 0 atom stereocenters. The highest BCUT2D eigenvalue weighted by Crippen LogP contribution is 2.16. The zero-order chi connectivity index (χ0) is 10.7. The molecule has 0 aliphatic carbocycles. The van der Waals surface area contributed by atoms with Crippen LogP contribution in [0.3, 0.4) is 0 Å². The third-order valence-electron chi connectivity index (χ3n) is 1.73. The molecular formula is C9H7BrFN3O. The average Bonchev–Trinajstić information content (AvgIpc) is 2.69. The first-order valence-corrected chi connectivity index (χ1v) is 4.99. The van der Waals surface area contributed by atoms with Crippen LogP contribution >= 0.6 is 15.9 Å². The first kappa shape index (κ1) is 10.1. The van der Waals surface area contributed by atoms with Gasteiger partial charge in [-0.1, -0.05) is 5.16 Å². The fourth-order valence-electron chi connectivity index (χ4n) is 1.05. The van der Waals surface area contributed by atoms with Gasteiger partial charge in [-0.2, -0.15) is 0 Å². The second-order valence-corrected chi connectivity index (χ2v) is 3.73. The topological polar surface area (TPSA) is 51.0 Å². The summed E-state index contributed by atoms with van der Waals surface area (Å²) in [7, 11) is 0. The second-order valence-electron chi connectivity index (χ2n) is 2.82. The van der Waals surface area contributed by atoms with Crippen LogP contribution in [0.4, 0.5) is 10.2 Å². The Morgan fingerprint density at radius 3 is 3.07 bits per heavy atom. The number of hydrogen-bond donors (Lipinski definition) is 1. The van der Waals surface area contributed by atoms with Crippen LogP contribution in [0.25, 0.3) is 0 Å². The molecule has 2 heterocycles. The lowest BCUT2D eigenvalue weighted by Crippen LogP contribution is -2.02. The lowest BCUT2D eigenvalue weighted by atomic mass is 10.4. The quantitative estimate of drug-likeness (QED) is 0.933. The van der Waals surface area contributed by atoms with Crippen molar-refractivity contribution in [3.8, 4) is 0 Å². The number of nitrogens with one attached hydrogen (secondary N) is 1. The number of nitrogens with zero attached hydrogens (tertiary/aromatic N) is 2. The first-order valence-electron chi connectivity index (χ1n) is 4.20. The minimum absolute atomic E-state index is 0.189. The third-order valence-corrected chi connectivity index (χ3v) is 2.16. The zero-order valence-electron chi connectivity index (χ0n) is 7.58. The van der Waals surface area contributed by atoms with Crippen LogP contribution in [-0.2, 0) is 6.54 Å². The third kappa shape index (κ3) is 2.53. The summed E-state index contributed by atoms with van der Waals surface area (Å²) in [6.07, 6.45) is 3.05. The molecule has 0 aliphatic rings. The van der Waals surface area contributed by atoms with Gasteiger partial charge in [-0.25, -0.2) is 9.37 Å². The van der Waals surface area contributed by atoms with E-state index >= 15 is 0 Å². The average molecular weight is 272 g/mol. The van der Waals surface area contributed by atoms with E-state index in [4.69, 9.17) is 4.52 Å². The van der Waals surface area contributed by atoms with E-state index in [2.05, 4.69) is 31.4 Å². The predicted molar refractivity (Wildman–Crippen MR) is 55.7 cm³/mol. The lowest BCUT2D eigenvalue weighted by Gasteiger charge is -2.03. The number of halogens is 2. The van der Waals surface area contributed by atoms with Crippen molar-refractivity contribution in [1.82, 2.24) is 10.1 Å². The molecule has 0 bridgehead atoms. The van der Waals surface area contributed by atoms with Crippen LogP contribution in [0.15, 0.2) is 33.5 Å². The van der Waals surface area contributed by atoms with Gasteiger partial charge < -0.3 is 9.84 Å². The van der Waals surface area contributed by atoms with Gasteiger partial charge in [-0.05, 0) is 22.0 Å². The summed E-state index contributed by atoms with van der Waals surface area (Å²) in [6, 6.07) is 3.04. The van der Waals surface area contributed by atoms with Crippen molar-refractivity contribution >= 4 is 21.7 Å². The van der Waals surface area contributed by atoms with Crippen molar-refractivity contribution in [2.45, 2.75) is 6.54 Å². The molecule has 15 heavy (non-hydrogen) atoms. The van der Waals surface area contributed by atoms with Crippen molar-refractivity contribution in [1.29, 1.82) is 0 Å². The number of anilines is 1. The van der Waals surface area contributed by atoms with Crippen molar-refractivity contribution in [2.75, 3.05) is 5.32 Å². The van der Waals surface area contributed by atoms with E-state index in [9.17, 15) is 4.39 Å². The highest BCUT2D eigenvalue weighted by molar-refractivity contribution is 9.10. The summed E-state index contributed by atoms with van der Waals surface area (Å²) in [4.78, 5) is 3.88. The molecule has 6 heteroatoms. The fourth-order valence-corrected chi connectivity index (χ4v) is 1.35. The van der Waals surface area contributed by atoms with E-state index in [-0.39, 0.29) is 5.82 Å². The standard InChI is InChI=1S/C9H7BrFN3O/c10-6-3-8(11)9(12-4-6)13-5-7-1-2-14-15-7/h1-4H,5H2,(H,12,13). The Labute approximate surface area is 93.6 Å². The zero-order valence-corrected chi connectivity index (χ0v) is 9.16. The Hall–Kier alpha value is -1.43. The van der Waals surface area contributed by atoms with Gasteiger partial charge >= 0.3 is 0 Å². The molecular weight excluding hydrogens is 265 g/mol. The molecule has 0 amide bonds. The van der Waals surface area contributed by atoms with Crippen molar-refractivity contribution in [3.63, 3.8) is 0 Å². The maximum absolute atomic E-state index is 13.3. The van der Waals surface area contributed by atoms with Crippen LogP contribution in [0.1, 0.15) is 5.76 Å². The number of rotatable bonds is 3. The Bertz CT molecular complexity index is 447. The van der Waals surface area contributed by atoms with Gasteiger partial charge in [-0.3, -0.25) is 0 Å². The second kappa shape index (κ2) is 4.39.